The number of ether oxygens (including phenoxy) is 3. The summed E-state index contributed by atoms with van der Waals surface area (Å²) in [6.07, 6.45) is -0.431. The molecule has 6 heteroatoms. The first-order chi connectivity index (χ1) is 15.0. The first-order valence-electron chi connectivity index (χ1n) is 11.1. The predicted molar refractivity (Wildman–Crippen MR) is 124 cm³/mol. The number of carbonyl (C=O) groups is 1. The molecule has 1 saturated heterocycles. The quantitative estimate of drug-likeness (QED) is 0.605. The second-order valence-electron chi connectivity index (χ2n) is 10.3. The van der Waals surface area contributed by atoms with Crippen LogP contribution in [-0.4, -0.2) is 29.4 Å². The molecule has 1 fully saturated rings. The van der Waals surface area contributed by atoms with E-state index in [2.05, 4.69) is 32.9 Å². The van der Waals surface area contributed by atoms with Crippen molar-refractivity contribution in [2.75, 3.05) is 6.61 Å². The lowest BCUT2D eigenvalue weighted by Gasteiger charge is -2.50. The summed E-state index contributed by atoms with van der Waals surface area (Å²) in [5, 5.41) is 10.5. The molecule has 4 atom stereocenters. The van der Waals surface area contributed by atoms with Crippen LogP contribution in [0.5, 0.6) is 11.5 Å². The molecule has 0 amide bonds. The van der Waals surface area contributed by atoms with Crippen molar-refractivity contribution in [3.8, 4) is 11.5 Å². The molecule has 172 valence electrons. The molecule has 1 N–H and O–H groups in total. The summed E-state index contributed by atoms with van der Waals surface area (Å²) in [7, 11) is 0. The van der Waals surface area contributed by atoms with Gasteiger partial charge >= 0.3 is 5.97 Å². The van der Waals surface area contributed by atoms with E-state index in [0.29, 0.717) is 17.2 Å². The number of para-hydroxylation sites is 1. The van der Waals surface area contributed by atoms with Gasteiger partial charge in [-0.15, -0.1) is 0 Å². The van der Waals surface area contributed by atoms with Crippen molar-refractivity contribution in [1.82, 2.24) is 0 Å². The van der Waals surface area contributed by atoms with E-state index in [0.717, 1.165) is 11.3 Å². The molecule has 2 aromatic carbocycles. The zero-order valence-corrected chi connectivity index (χ0v) is 20.0. The second-order valence-corrected chi connectivity index (χ2v) is 10.7. The van der Waals surface area contributed by atoms with Crippen molar-refractivity contribution in [3.05, 3.63) is 58.6 Å². The molecule has 0 aromatic heterocycles. The van der Waals surface area contributed by atoms with Crippen molar-refractivity contribution >= 4 is 17.6 Å². The Morgan fingerprint density at radius 1 is 1.22 bits per heavy atom. The second kappa shape index (κ2) is 8.27. The molecule has 2 aromatic rings. The molecule has 2 aliphatic heterocycles. The topological polar surface area (TPSA) is 65.0 Å². The van der Waals surface area contributed by atoms with Gasteiger partial charge < -0.3 is 19.3 Å². The highest BCUT2D eigenvalue weighted by Gasteiger charge is 2.52. The van der Waals surface area contributed by atoms with Crippen molar-refractivity contribution in [2.45, 2.75) is 64.3 Å². The number of hydrogen-bond acceptors (Lipinski definition) is 4. The molecule has 0 unspecified atom stereocenters. The fourth-order valence-corrected chi connectivity index (χ4v) is 4.89. The SMILES string of the molecule is CC(C)(C)c1ccc2c(c1)[C@H]1O[C@@H](COc3ccccc3Cl)[C@@H](C(=O)O)C[C@@H]1C(C)(C)O2. The van der Waals surface area contributed by atoms with Gasteiger partial charge in [-0.25, -0.2) is 0 Å². The average Bonchev–Trinajstić information content (AvgIpc) is 2.71. The van der Waals surface area contributed by atoms with Gasteiger partial charge in [-0.1, -0.05) is 50.6 Å². The first kappa shape index (κ1) is 22.9. The number of carboxylic acid groups (broad SMARTS) is 1. The van der Waals surface area contributed by atoms with Crippen LogP contribution >= 0.6 is 11.6 Å². The Kier molecular flexibility index (Phi) is 5.93. The highest BCUT2D eigenvalue weighted by molar-refractivity contribution is 6.32. The third-order valence-electron chi connectivity index (χ3n) is 6.65. The summed E-state index contributed by atoms with van der Waals surface area (Å²) in [6, 6.07) is 13.4. The number of hydrogen-bond donors (Lipinski definition) is 1. The van der Waals surface area contributed by atoms with Crippen LogP contribution in [0.1, 0.15) is 58.3 Å². The van der Waals surface area contributed by atoms with E-state index < -0.39 is 23.6 Å². The first-order valence-corrected chi connectivity index (χ1v) is 11.4. The molecule has 0 radical (unpaired) electrons. The third-order valence-corrected chi connectivity index (χ3v) is 6.96. The lowest BCUT2D eigenvalue weighted by molar-refractivity contribution is -0.192. The average molecular weight is 459 g/mol. The van der Waals surface area contributed by atoms with E-state index in [9.17, 15) is 9.90 Å². The Morgan fingerprint density at radius 3 is 2.59 bits per heavy atom. The van der Waals surface area contributed by atoms with Crippen molar-refractivity contribution in [3.63, 3.8) is 0 Å². The van der Waals surface area contributed by atoms with E-state index in [1.807, 2.05) is 32.0 Å². The Labute approximate surface area is 194 Å². The molecule has 0 spiro atoms. The van der Waals surface area contributed by atoms with Crippen molar-refractivity contribution < 1.29 is 24.1 Å². The summed E-state index contributed by atoms with van der Waals surface area (Å²) in [5.74, 6) is -0.367. The van der Waals surface area contributed by atoms with Gasteiger partial charge in [0.15, 0.2) is 0 Å². The Hall–Kier alpha value is -2.24. The maximum absolute atomic E-state index is 12.2. The summed E-state index contributed by atoms with van der Waals surface area (Å²) in [5.41, 5.74) is 1.59. The molecule has 4 rings (SSSR count). The number of carboxylic acids is 1. The minimum Gasteiger partial charge on any atom is -0.489 e. The molecular weight excluding hydrogens is 428 g/mol. The molecule has 32 heavy (non-hydrogen) atoms. The summed E-state index contributed by atoms with van der Waals surface area (Å²) in [6.45, 7) is 10.6. The number of benzene rings is 2. The lowest BCUT2D eigenvalue weighted by atomic mass is 9.71. The molecule has 0 bridgehead atoms. The van der Waals surface area contributed by atoms with E-state index in [-0.39, 0.29) is 24.0 Å². The van der Waals surface area contributed by atoms with Crippen LogP contribution in [0.2, 0.25) is 5.02 Å². The number of halogens is 1. The highest BCUT2D eigenvalue weighted by atomic mass is 35.5. The minimum absolute atomic E-state index is 0.0255. The van der Waals surface area contributed by atoms with Crippen LogP contribution < -0.4 is 9.47 Å². The van der Waals surface area contributed by atoms with Gasteiger partial charge in [-0.2, -0.15) is 0 Å². The monoisotopic (exact) mass is 458 g/mol. The van der Waals surface area contributed by atoms with Crippen LogP contribution in [0.4, 0.5) is 0 Å². The van der Waals surface area contributed by atoms with E-state index in [1.54, 1.807) is 12.1 Å². The molecule has 2 aliphatic rings. The predicted octanol–water partition coefficient (Wildman–Crippen LogP) is 6.03. The van der Waals surface area contributed by atoms with Gasteiger partial charge in [0, 0.05) is 11.5 Å². The molecule has 5 nitrogen and oxygen atoms in total. The number of rotatable bonds is 4. The summed E-state index contributed by atoms with van der Waals surface area (Å²) >= 11 is 6.22. The van der Waals surface area contributed by atoms with E-state index in [4.69, 9.17) is 25.8 Å². The van der Waals surface area contributed by atoms with Gasteiger partial charge in [0.25, 0.3) is 0 Å². The van der Waals surface area contributed by atoms with Gasteiger partial charge in [0.2, 0.25) is 0 Å². The number of fused-ring (bicyclic) bond motifs is 3. The van der Waals surface area contributed by atoms with Crippen LogP contribution in [0.15, 0.2) is 42.5 Å². The van der Waals surface area contributed by atoms with Crippen LogP contribution in [0.3, 0.4) is 0 Å². The zero-order chi connectivity index (χ0) is 23.3. The summed E-state index contributed by atoms with van der Waals surface area (Å²) < 4.78 is 18.8. The van der Waals surface area contributed by atoms with Gasteiger partial charge in [0.05, 0.1) is 17.0 Å². The minimum atomic E-state index is -0.888. The van der Waals surface area contributed by atoms with Gasteiger partial charge in [-0.05, 0) is 55.5 Å². The molecule has 2 heterocycles. The van der Waals surface area contributed by atoms with Crippen LogP contribution in [-0.2, 0) is 14.9 Å². The lowest BCUT2D eigenvalue weighted by Crippen LogP contribution is -2.53. The fraction of sp³-hybridized carbons (Fsp3) is 0.500. The molecule has 0 aliphatic carbocycles. The van der Waals surface area contributed by atoms with Gasteiger partial charge in [0.1, 0.15) is 29.8 Å². The maximum Gasteiger partial charge on any atom is 0.309 e. The largest absolute Gasteiger partial charge is 0.489 e. The van der Waals surface area contributed by atoms with Crippen molar-refractivity contribution in [2.24, 2.45) is 11.8 Å². The van der Waals surface area contributed by atoms with Crippen LogP contribution in [0, 0.1) is 11.8 Å². The number of aliphatic carboxylic acids is 1. The maximum atomic E-state index is 12.2. The standard InChI is InChI=1S/C26H31ClO5/c1-25(2,3)15-10-11-20-16(12-15)23-18(26(4,5)32-20)13-17(24(28)29)22(31-23)14-30-21-9-7-6-8-19(21)27/h6-12,17-18,22-23H,13-14H2,1-5H3,(H,28,29)/t17-,18-,22-,23+/m0/s1. The Balaban J connectivity index is 1.67. The smallest absolute Gasteiger partial charge is 0.309 e. The Morgan fingerprint density at radius 2 is 1.94 bits per heavy atom. The van der Waals surface area contributed by atoms with Crippen LogP contribution in [0.25, 0.3) is 0 Å². The summed E-state index contributed by atoms with van der Waals surface area (Å²) in [4.78, 5) is 12.2. The van der Waals surface area contributed by atoms with Crippen molar-refractivity contribution in [1.29, 1.82) is 0 Å². The fourth-order valence-electron chi connectivity index (χ4n) is 4.70. The Bertz CT molecular complexity index is 1010. The molecule has 0 saturated carbocycles. The van der Waals surface area contributed by atoms with E-state index in [1.165, 1.54) is 5.56 Å². The zero-order valence-electron chi connectivity index (χ0n) is 19.2. The third kappa shape index (κ3) is 4.33. The van der Waals surface area contributed by atoms with Gasteiger partial charge in [-0.3, -0.25) is 4.79 Å². The highest BCUT2D eigenvalue weighted by Crippen LogP contribution is 2.52. The van der Waals surface area contributed by atoms with E-state index >= 15 is 0 Å². The molecular formula is C26H31ClO5. The normalized spacial score (nSPS) is 26.4.